The predicted octanol–water partition coefficient (Wildman–Crippen LogP) is 2.07. The number of ether oxygens (including phenoxy) is 2. The molecule has 1 aromatic heterocycles. The molecule has 0 saturated heterocycles. The Labute approximate surface area is 100 Å². The topological polar surface area (TPSA) is 64.2 Å². The van der Waals surface area contributed by atoms with Crippen LogP contribution in [0.3, 0.4) is 0 Å². The van der Waals surface area contributed by atoms with Crippen molar-refractivity contribution >= 4 is 5.97 Å². The fourth-order valence-corrected chi connectivity index (χ4v) is 2.24. The van der Waals surface area contributed by atoms with E-state index in [1.165, 1.54) is 32.8 Å². The van der Waals surface area contributed by atoms with Gasteiger partial charge in [0.1, 0.15) is 5.56 Å². The predicted molar refractivity (Wildman–Crippen MR) is 62.1 cm³/mol. The van der Waals surface area contributed by atoms with Crippen molar-refractivity contribution in [2.45, 2.75) is 32.6 Å². The van der Waals surface area contributed by atoms with E-state index in [1.54, 1.807) is 6.92 Å². The standard InChI is InChI=1S/C12H18N2O3/c1-8-10(12(15)16-2)11(14-13-8)17-7-9-5-3-4-6-9/h9H,3-7H2,1-2H3,(H,13,14). The van der Waals surface area contributed by atoms with Crippen LogP contribution in [0.15, 0.2) is 0 Å². The van der Waals surface area contributed by atoms with Gasteiger partial charge < -0.3 is 9.47 Å². The summed E-state index contributed by atoms with van der Waals surface area (Å²) >= 11 is 0. The highest BCUT2D eigenvalue weighted by atomic mass is 16.5. The fraction of sp³-hybridized carbons (Fsp3) is 0.667. The van der Waals surface area contributed by atoms with Gasteiger partial charge in [-0.25, -0.2) is 9.89 Å². The Bertz CT molecular complexity index is 394. The summed E-state index contributed by atoms with van der Waals surface area (Å²) < 4.78 is 10.4. The lowest BCUT2D eigenvalue weighted by molar-refractivity contribution is 0.0594. The van der Waals surface area contributed by atoms with E-state index in [2.05, 4.69) is 10.2 Å². The average Bonchev–Trinajstić information content (AvgIpc) is 2.95. The number of nitrogens with one attached hydrogen (secondary N) is 1. The number of hydrogen-bond acceptors (Lipinski definition) is 4. The zero-order valence-corrected chi connectivity index (χ0v) is 10.3. The third kappa shape index (κ3) is 2.60. The van der Waals surface area contributed by atoms with Gasteiger partial charge in [-0.05, 0) is 25.7 Å². The zero-order chi connectivity index (χ0) is 12.3. The first kappa shape index (κ1) is 12.0. The maximum Gasteiger partial charge on any atom is 0.345 e. The summed E-state index contributed by atoms with van der Waals surface area (Å²) in [7, 11) is 1.36. The number of aromatic nitrogens is 2. The van der Waals surface area contributed by atoms with Crippen LogP contribution >= 0.6 is 0 Å². The largest absolute Gasteiger partial charge is 0.477 e. The summed E-state index contributed by atoms with van der Waals surface area (Å²) in [6.45, 7) is 2.40. The molecule has 0 bridgehead atoms. The second-order valence-electron chi connectivity index (χ2n) is 4.47. The smallest absolute Gasteiger partial charge is 0.345 e. The van der Waals surface area contributed by atoms with Crippen molar-refractivity contribution in [3.63, 3.8) is 0 Å². The Morgan fingerprint density at radius 3 is 2.82 bits per heavy atom. The number of aromatic amines is 1. The van der Waals surface area contributed by atoms with Crippen LogP contribution < -0.4 is 4.74 Å². The highest BCUT2D eigenvalue weighted by Gasteiger charge is 2.22. The number of carbonyl (C=O) groups excluding carboxylic acids is 1. The second kappa shape index (κ2) is 5.21. The molecule has 1 heterocycles. The van der Waals surface area contributed by atoms with Gasteiger partial charge in [0.25, 0.3) is 0 Å². The molecule has 1 saturated carbocycles. The highest BCUT2D eigenvalue weighted by molar-refractivity contribution is 5.93. The molecule has 0 atom stereocenters. The summed E-state index contributed by atoms with van der Waals surface area (Å²) in [6, 6.07) is 0. The van der Waals surface area contributed by atoms with Gasteiger partial charge in [0, 0.05) is 0 Å². The van der Waals surface area contributed by atoms with Crippen LogP contribution in [-0.4, -0.2) is 29.9 Å². The van der Waals surface area contributed by atoms with Crippen LogP contribution in [0.1, 0.15) is 41.7 Å². The first-order valence-electron chi connectivity index (χ1n) is 5.98. The third-order valence-corrected chi connectivity index (χ3v) is 3.24. The van der Waals surface area contributed by atoms with Crippen molar-refractivity contribution in [1.82, 2.24) is 10.2 Å². The summed E-state index contributed by atoms with van der Waals surface area (Å²) in [5.41, 5.74) is 1.02. The van der Waals surface area contributed by atoms with Crippen molar-refractivity contribution in [2.75, 3.05) is 13.7 Å². The molecular formula is C12H18N2O3. The molecule has 0 aliphatic heterocycles. The monoisotopic (exact) mass is 238 g/mol. The molecule has 0 unspecified atom stereocenters. The summed E-state index contributed by atoms with van der Waals surface area (Å²) in [5, 5.41) is 6.72. The van der Waals surface area contributed by atoms with Crippen LogP contribution in [0.5, 0.6) is 5.88 Å². The highest BCUT2D eigenvalue weighted by Crippen LogP contribution is 2.26. The molecule has 17 heavy (non-hydrogen) atoms. The first-order chi connectivity index (χ1) is 8.22. The Balaban J connectivity index is 2.02. The number of H-pyrrole nitrogens is 1. The van der Waals surface area contributed by atoms with Crippen LogP contribution in [0.25, 0.3) is 0 Å². The molecule has 5 nitrogen and oxygen atoms in total. The van der Waals surface area contributed by atoms with Gasteiger partial charge in [-0.1, -0.05) is 12.8 Å². The number of rotatable bonds is 4. The first-order valence-corrected chi connectivity index (χ1v) is 5.98. The van der Waals surface area contributed by atoms with Gasteiger partial charge in [0.2, 0.25) is 5.88 Å². The van der Waals surface area contributed by atoms with Gasteiger partial charge in [-0.3, -0.25) is 0 Å². The molecule has 0 spiro atoms. The molecule has 94 valence electrons. The quantitative estimate of drug-likeness (QED) is 0.815. The van der Waals surface area contributed by atoms with Crippen molar-refractivity contribution in [1.29, 1.82) is 0 Å². The second-order valence-corrected chi connectivity index (χ2v) is 4.47. The Hall–Kier alpha value is -1.52. The Kier molecular flexibility index (Phi) is 3.66. The van der Waals surface area contributed by atoms with Crippen molar-refractivity contribution in [3.05, 3.63) is 11.3 Å². The summed E-state index contributed by atoms with van der Waals surface area (Å²) in [6.07, 6.45) is 4.97. The minimum Gasteiger partial charge on any atom is -0.477 e. The van der Waals surface area contributed by atoms with E-state index in [0.717, 1.165) is 0 Å². The Morgan fingerprint density at radius 2 is 2.18 bits per heavy atom. The third-order valence-electron chi connectivity index (χ3n) is 3.24. The number of esters is 1. The number of hydrogen-bond donors (Lipinski definition) is 1. The van der Waals surface area contributed by atoms with E-state index in [9.17, 15) is 4.79 Å². The lowest BCUT2D eigenvalue weighted by atomic mass is 10.1. The van der Waals surface area contributed by atoms with Crippen LogP contribution in [0.2, 0.25) is 0 Å². The van der Waals surface area contributed by atoms with Crippen LogP contribution in [0, 0.1) is 12.8 Å². The maximum absolute atomic E-state index is 11.6. The van der Waals surface area contributed by atoms with Gasteiger partial charge in [0.15, 0.2) is 0 Å². The van der Waals surface area contributed by atoms with Gasteiger partial charge >= 0.3 is 5.97 Å². The van der Waals surface area contributed by atoms with E-state index in [-0.39, 0.29) is 0 Å². The summed E-state index contributed by atoms with van der Waals surface area (Å²) in [4.78, 5) is 11.6. The molecule has 1 aliphatic rings. The van der Waals surface area contributed by atoms with E-state index in [0.29, 0.717) is 29.7 Å². The minimum absolute atomic E-state index is 0.405. The molecule has 1 N–H and O–H groups in total. The van der Waals surface area contributed by atoms with E-state index < -0.39 is 5.97 Å². The molecule has 0 aromatic carbocycles. The lowest BCUT2D eigenvalue weighted by Gasteiger charge is -2.10. The van der Waals surface area contributed by atoms with Gasteiger partial charge in [0.05, 0.1) is 19.4 Å². The number of carbonyl (C=O) groups is 1. The number of nitrogens with zero attached hydrogens (tertiary/aromatic N) is 1. The van der Waals surface area contributed by atoms with E-state index >= 15 is 0 Å². The molecule has 1 aromatic rings. The molecule has 0 amide bonds. The van der Waals surface area contributed by atoms with Crippen molar-refractivity contribution in [3.8, 4) is 5.88 Å². The maximum atomic E-state index is 11.6. The molecule has 2 rings (SSSR count). The fourth-order valence-electron chi connectivity index (χ4n) is 2.24. The van der Waals surface area contributed by atoms with Crippen LogP contribution in [-0.2, 0) is 4.74 Å². The normalized spacial score (nSPS) is 16.1. The van der Waals surface area contributed by atoms with Gasteiger partial charge in [-0.2, -0.15) is 5.10 Å². The zero-order valence-electron chi connectivity index (χ0n) is 10.3. The SMILES string of the molecule is COC(=O)c1c(C)n[nH]c1OCC1CCCC1. The summed E-state index contributed by atoms with van der Waals surface area (Å²) in [5.74, 6) is 0.628. The Morgan fingerprint density at radius 1 is 1.47 bits per heavy atom. The van der Waals surface area contributed by atoms with Crippen molar-refractivity contribution < 1.29 is 14.3 Å². The number of aryl methyl sites for hydroxylation is 1. The molecule has 1 aliphatic carbocycles. The van der Waals surface area contributed by atoms with E-state index in [1.807, 2.05) is 0 Å². The van der Waals surface area contributed by atoms with Crippen molar-refractivity contribution in [2.24, 2.45) is 5.92 Å². The minimum atomic E-state index is -0.405. The molecule has 0 radical (unpaired) electrons. The lowest BCUT2D eigenvalue weighted by Crippen LogP contribution is -2.11. The molecule has 5 heteroatoms. The van der Waals surface area contributed by atoms with Gasteiger partial charge in [-0.15, -0.1) is 0 Å². The number of methoxy groups -OCH3 is 1. The molecule has 1 fully saturated rings. The van der Waals surface area contributed by atoms with Crippen LogP contribution in [0.4, 0.5) is 0 Å². The molecular weight excluding hydrogens is 220 g/mol. The van der Waals surface area contributed by atoms with E-state index in [4.69, 9.17) is 9.47 Å². The average molecular weight is 238 g/mol.